The molecule has 0 saturated carbocycles. The lowest BCUT2D eigenvalue weighted by Gasteiger charge is -2.08. The third-order valence-corrected chi connectivity index (χ3v) is 3.68. The van der Waals surface area contributed by atoms with Crippen molar-refractivity contribution in [2.45, 2.75) is 26.8 Å². The van der Waals surface area contributed by atoms with Crippen LogP contribution >= 0.6 is 11.3 Å². The van der Waals surface area contributed by atoms with E-state index >= 15 is 0 Å². The van der Waals surface area contributed by atoms with Crippen LogP contribution < -0.4 is 5.32 Å². The zero-order chi connectivity index (χ0) is 10.7. The first-order valence-electron chi connectivity index (χ1n) is 5.47. The van der Waals surface area contributed by atoms with Gasteiger partial charge in [-0.2, -0.15) is 0 Å². The van der Waals surface area contributed by atoms with Crippen LogP contribution in [0, 0.1) is 19.8 Å². The SMILES string of the molecule is Cc1nc(CNCC2CCOC2)c(C)s1. The van der Waals surface area contributed by atoms with E-state index in [2.05, 4.69) is 24.1 Å². The number of ether oxygens (including phenoxy) is 1. The Morgan fingerprint density at radius 2 is 2.40 bits per heavy atom. The number of nitrogens with zero attached hydrogens (tertiary/aromatic N) is 1. The largest absolute Gasteiger partial charge is 0.381 e. The average molecular weight is 226 g/mol. The van der Waals surface area contributed by atoms with Gasteiger partial charge in [-0.05, 0) is 26.2 Å². The predicted octanol–water partition coefficient (Wildman–Crippen LogP) is 1.89. The fourth-order valence-corrected chi connectivity index (χ4v) is 2.71. The molecule has 0 amide bonds. The van der Waals surface area contributed by atoms with Crippen molar-refractivity contribution in [1.82, 2.24) is 10.3 Å². The molecular formula is C11H18N2OS. The van der Waals surface area contributed by atoms with Gasteiger partial charge in [0.25, 0.3) is 0 Å². The molecule has 1 unspecified atom stereocenters. The van der Waals surface area contributed by atoms with Crippen molar-refractivity contribution in [3.63, 3.8) is 0 Å². The maximum atomic E-state index is 5.33. The van der Waals surface area contributed by atoms with Crippen molar-refractivity contribution >= 4 is 11.3 Å². The normalized spacial score (nSPS) is 21.1. The van der Waals surface area contributed by atoms with E-state index in [0.717, 1.165) is 31.3 Å². The molecule has 84 valence electrons. The third-order valence-electron chi connectivity index (χ3n) is 2.75. The van der Waals surface area contributed by atoms with Crippen molar-refractivity contribution in [2.75, 3.05) is 19.8 Å². The number of hydrogen-bond acceptors (Lipinski definition) is 4. The van der Waals surface area contributed by atoms with Crippen LogP contribution in [0.15, 0.2) is 0 Å². The molecule has 4 heteroatoms. The third kappa shape index (κ3) is 3.00. The summed E-state index contributed by atoms with van der Waals surface area (Å²) in [6.07, 6.45) is 1.20. The van der Waals surface area contributed by atoms with Gasteiger partial charge in [0.15, 0.2) is 0 Å². The van der Waals surface area contributed by atoms with Gasteiger partial charge in [-0.3, -0.25) is 0 Å². The smallest absolute Gasteiger partial charge is 0.0900 e. The molecule has 1 fully saturated rings. The fraction of sp³-hybridized carbons (Fsp3) is 0.727. The van der Waals surface area contributed by atoms with Gasteiger partial charge in [-0.15, -0.1) is 11.3 Å². The maximum Gasteiger partial charge on any atom is 0.0900 e. The van der Waals surface area contributed by atoms with Crippen LogP contribution in [0.25, 0.3) is 0 Å². The van der Waals surface area contributed by atoms with E-state index in [4.69, 9.17) is 4.74 Å². The second kappa shape index (κ2) is 5.05. The second-order valence-corrected chi connectivity index (χ2v) is 5.50. The lowest BCUT2D eigenvalue weighted by Crippen LogP contribution is -2.23. The molecule has 0 aliphatic carbocycles. The van der Waals surface area contributed by atoms with Gasteiger partial charge >= 0.3 is 0 Å². The minimum Gasteiger partial charge on any atom is -0.381 e. The quantitative estimate of drug-likeness (QED) is 0.851. The number of aromatic nitrogens is 1. The van der Waals surface area contributed by atoms with E-state index in [1.54, 1.807) is 11.3 Å². The molecular weight excluding hydrogens is 208 g/mol. The summed E-state index contributed by atoms with van der Waals surface area (Å²) in [4.78, 5) is 5.83. The summed E-state index contributed by atoms with van der Waals surface area (Å²) in [5.41, 5.74) is 1.21. The number of aryl methyl sites for hydroxylation is 2. The van der Waals surface area contributed by atoms with E-state index in [0.29, 0.717) is 5.92 Å². The minimum atomic E-state index is 0.699. The number of rotatable bonds is 4. The van der Waals surface area contributed by atoms with E-state index < -0.39 is 0 Å². The molecule has 1 aliphatic rings. The number of hydrogen-bond donors (Lipinski definition) is 1. The molecule has 0 aromatic carbocycles. The molecule has 1 N–H and O–H groups in total. The van der Waals surface area contributed by atoms with Gasteiger partial charge in [-0.1, -0.05) is 0 Å². The van der Waals surface area contributed by atoms with Crippen molar-refractivity contribution in [3.8, 4) is 0 Å². The van der Waals surface area contributed by atoms with Crippen LogP contribution in [0.3, 0.4) is 0 Å². The first kappa shape index (κ1) is 11.0. The summed E-state index contributed by atoms with van der Waals surface area (Å²) >= 11 is 1.78. The van der Waals surface area contributed by atoms with Gasteiger partial charge in [0.2, 0.25) is 0 Å². The van der Waals surface area contributed by atoms with Crippen LogP contribution in [0.4, 0.5) is 0 Å². The predicted molar refractivity (Wildman–Crippen MR) is 62.2 cm³/mol. The van der Waals surface area contributed by atoms with Gasteiger partial charge < -0.3 is 10.1 Å². The molecule has 0 spiro atoms. The summed E-state index contributed by atoms with van der Waals surface area (Å²) in [7, 11) is 0. The van der Waals surface area contributed by atoms with Crippen molar-refractivity contribution in [3.05, 3.63) is 15.6 Å². The van der Waals surface area contributed by atoms with Gasteiger partial charge in [-0.25, -0.2) is 4.98 Å². The Balaban J connectivity index is 1.75. The Morgan fingerprint density at radius 3 is 3.00 bits per heavy atom. The Kier molecular flexibility index (Phi) is 3.72. The molecule has 2 heterocycles. The van der Waals surface area contributed by atoms with Gasteiger partial charge in [0.05, 0.1) is 17.3 Å². The monoisotopic (exact) mass is 226 g/mol. The molecule has 0 radical (unpaired) electrons. The number of nitrogens with one attached hydrogen (secondary N) is 1. The highest BCUT2D eigenvalue weighted by atomic mass is 32.1. The lowest BCUT2D eigenvalue weighted by molar-refractivity contribution is 0.185. The summed E-state index contributed by atoms with van der Waals surface area (Å²) in [5, 5.41) is 4.62. The van der Waals surface area contributed by atoms with Crippen LogP contribution in [0.5, 0.6) is 0 Å². The van der Waals surface area contributed by atoms with Crippen molar-refractivity contribution in [2.24, 2.45) is 5.92 Å². The maximum absolute atomic E-state index is 5.33. The fourth-order valence-electron chi connectivity index (χ4n) is 1.88. The van der Waals surface area contributed by atoms with Crippen LogP contribution in [-0.2, 0) is 11.3 Å². The average Bonchev–Trinajstić information content (AvgIpc) is 2.77. The van der Waals surface area contributed by atoms with Crippen molar-refractivity contribution in [1.29, 1.82) is 0 Å². The molecule has 1 atom stereocenters. The van der Waals surface area contributed by atoms with Crippen molar-refractivity contribution < 1.29 is 4.74 Å². The van der Waals surface area contributed by atoms with Crippen LogP contribution in [0.1, 0.15) is 22.0 Å². The first-order chi connectivity index (χ1) is 7.25. The number of thiazole rings is 1. The summed E-state index contributed by atoms with van der Waals surface area (Å²) in [6.45, 7) is 8.00. The Labute approximate surface area is 94.9 Å². The standard InChI is InChI=1S/C11H18N2OS/c1-8-11(13-9(2)15-8)6-12-5-10-3-4-14-7-10/h10,12H,3-7H2,1-2H3. The van der Waals surface area contributed by atoms with Crippen LogP contribution in [0.2, 0.25) is 0 Å². The highest BCUT2D eigenvalue weighted by Gasteiger charge is 2.15. The lowest BCUT2D eigenvalue weighted by atomic mass is 10.1. The van der Waals surface area contributed by atoms with E-state index in [1.807, 2.05) is 0 Å². The Morgan fingerprint density at radius 1 is 1.53 bits per heavy atom. The molecule has 1 aromatic rings. The molecule has 3 nitrogen and oxygen atoms in total. The first-order valence-corrected chi connectivity index (χ1v) is 6.28. The molecule has 1 aliphatic heterocycles. The molecule has 2 rings (SSSR count). The highest BCUT2D eigenvalue weighted by Crippen LogP contribution is 2.16. The summed E-state index contributed by atoms with van der Waals surface area (Å²) < 4.78 is 5.33. The summed E-state index contributed by atoms with van der Waals surface area (Å²) in [6, 6.07) is 0. The van der Waals surface area contributed by atoms with E-state index in [1.165, 1.54) is 17.0 Å². The van der Waals surface area contributed by atoms with E-state index in [9.17, 15) is 0 Å². The zero-order valence-corrected chi connectivity index (χ0v) is 10.2. The molecule has 0 bridgehead atoms. The second-order valence-electron chi connectivity index (χ2n) is 4.10. The molecule has 1 aromatic heterocycles. The minimum absolute atomic E-state index is 0.699. The highest BCUT2D eigenvalue weighted by molar-refractivity contribution is 7.11. The summed E-state index contributed by atoms with van der Waals surface area (Å²) in [5.74, 6) is 0.699. The zero-order valence-electron chi connectivity index (χ0n) is 9.38. The molecule has 1 saturated heterocycles. The van der Waals surface area contributed by atoms with Gasteiger partial charge in [0, 0.05) is 24.6 Å². The Hall–Kier alpha value is -0.450. The van der Waals surface area contributed by atoms with Crippen LogP contribution in [-0.4, -0.2) is 24.7 Å². The topological polar surface area (TPSA) is 34.2 Å². The molecule has 15 heavy (non-hydrogen) atoms. The van der Waals surface area contributed by atoms with E-state index in [-0.39, 0.29) is 0 Å². The van der Waals surface area contributed by atoms with Gasteiger partial charge in [0.1, 0.15) is 0 Å². The Bertz CT molecular complexity index is 318.